The lowest BCUT2D eigenvalue weighted by Gasteiger charge is -2.08. The molecule has 0 fully saturated rings. The summed E-state index contributed by atoms with van der Waals surface area (Å²) >= 11 is 1.52. The maximum atomic E-state index is 7.58. The minimum absolute atomic E-state index is 0.0899. The second-order valence-corrected chi connectivity index (χ2v) is 4.75. The molecule has 0 radical (unpaired) electrons. The van der Waals surface area contributed by atoms with Crippen LogP contribution in [0.4, 0.5) is 0 Å². The number of pyridine rings is 1. The molecule has 1 heterocycles. The minimum Gasteiger partial charge on any atom is -0.384 e. The van der Waals surface area contributed by atoms with Gasteiger partial charge in [-0.25, -0.2) is 4.98 Å². The van der Waals surface area contributed by atoms with E-state index < -0.39 is 0 Å². The number of rotatable bonds is 3. The predicted octanol–water partition coefficient (Wildman–Crippen LogP) is 2.83. The summed E-state index contributed by atoms with van der Waals surface area (Å²) < 4.78 is 0. The number of nitrogens with zero attached hydrogens (tertiary/aromatic N) is 1. The molecule has 0 bridgehead atoms. The average molecular weight is 243 g/mol. The van der Waals surface area contributed by atoms with Gasteiger partial charge in [0.2, 0.25) is 0 Å². The number of benzene rings is 1. The molecule has 0 atom stereocenters. The van der Waals surface area contributed by atoms with Gasteiger partial charge in [-0.1, -0.05) is 29.5 Å². The number of aryl methyl sites for hydroxylation is 1. The van der Waals surface area contributed by atoms with Crippen LogP contribution in [0.5, 0.6) is 0 Å². The number of amidine groups is 1. The Labute approximate surface area is 105 Å². The van der Waals surface area contributed by atoms with Crippen LogP contribution in [0.25, 0.3) is 0 Å². The van der Waals surface area contributed by atoms with E-state index in [-0.39, 0.29) is 5.84 Å². The number of hydrogen-bond donors (Lipinski definition) is 2. The SMILES string of the molecule is Cc1ccc(Sc2ccccn2)c(C(=N)N)c1. The molecule has 0 unspecified atom stereocenters. The van der Waals surface area contributed by atoms with E-state index in [9.17, 15) is 0 Å². The Bertz CT molecular complexity index is 538. The molecular formula is C13H13N3S. The van der Waals surface area contributed by atoms with Crippen LogP contribution in [-0.2, 0) is 0 Å². The monoisotopic (exact) mass is 243 g/mol. The van der Waals surface area contributed by atoms with Crippen LogP contribution in [0.1, 0.15) is 11.1 Å². The molecule has 1 aromatic heterocycles. The van der Waals surface area contributed by atoms with Gasteiger partial charge in [-0.2, -0.15) is 0 Å². The molecule has 0 spiro atoms. The fourth-order valence-electron chi connectivity index (χ4n) is 1.46. The summed E-state index contributed by atoms with van der Waals surface area (Å²) in [6.07, 6.45) is 1.75. The van der Waals surface area contributed by atoms with E-state index in [1.807, 2.05) is 43.3 Å². The third-order valence-corrected chi connectivity index (χ3v) is 3.30. The van der Waals surface area contributed by atoms with Crippen LogP contribution in [0.2, 0.25) is 0 Å². The Hall–Kier alpha value is -1.81. The Balaban J connectivity index is 2.36. The maximum absolute atomic E-state index is 7.58. The molecule has 0 aliphatic rings. The molecule has 0 saturated carbocycles. The number of nitrogens with two attached hydrogens (primary N) is 1. The van der Waals surface area contributed by atoms with Crippen LogP contribution in [0.3, 0.4) is 0 Å². The summed E-state index contributed by atoms with van der Waals surface area (Å²) in [5.41, 5.74) is 7.45. The van der Waals surface area contributed by atoms with Crippen LogP contribution in [-0.4, -0.2) is 10.8 Å². The van der Waals surface area contributed by atoms with Crippen molar-refractivity contribution < 1.29 is 0 Å². The highest BCUT2D eigenvalue weighted by atomic mass is 32.2. The van der Waals surface area contributed by atoms with Gasteiger partial charge in [0.25, 0.3) is 0 Å². The van der Waals surface area contributed by atoms with Crippen molar-refractivity contribution in [2.45, 2.75) is 16.8 Å². The lowest BCUT2D eigenvalue weighted by atomic mass is 10.1. The smallest absolute Gasteiger partial charge is 0.123 e. The molecular weight excluding hydrogens is 230 g/mol. The van der Waals surface area contributed by atoms with Crippen LogP contribution < -0.4 is 5.73 Å². The first-order chi connectivity index (χ1) is 8.16. The van der Waals surface area contributed by atoms with Crippen molar-refractivity contribution >= 4 is 17.6 Å². The molecule has 0 amide bonds. The molecule has 2 aromatic rings. The summed E-state index contributed by atoms with van der Waals surface area (Å²) in [4.78, 5) is 5.21. The molecule has 2 rings (SSSR count). The summed E-state index contributed by atoms with van der Waals surface area (Å²) in [5.74, 6) is 0.0899. The highest BCUT2D eigenvalue weighted by molar-refractivity contribution is 7.99. The quantitative estimate of drug-likeness (QED) is 0.643. The first-order valence-corrected chi connectivity index (χ1v) is 6.02. The van der Waals surface area contributed by atoms with E-state index in [4.69, 9.17) is 11.1 Å². The van der Waals surface area contributed by atoms with Gasteiger partial charge in [0, 0.05) is 16.7 Å². The molecule has 3 N–H and O–H groups in total. The molecule has 4 heteroatoms. The molecule has 1 aromatic carbocycles. The van der Waals surface area contributed by atoms with E-state index in [0.29, 0.717) is 0 Å². The third kappa shape index (κ3) is 2.85. The number of nitrogen functional groups attached to an aromatic ring is 1. The van der Waals surface area contributed by atoms with Crippen molar-refractivity contribution in [2.24, 2.45) is 5.73 Å². The Morgan fingerprint density at radius 1 is 1.29 bits per heavy atom. The Morgan fingerprint density at radius 3 is 2.76 bits per heavy atom. The zero-order valence-electron chi connectivity index (χ0n) is 9.47. The predicted molar refractivity (Wildman–Crippen MR) is 70.6 cm³/mol. The normalized spacial score (nSPS) is 10.2. The van der Waals surface area contributed by atoms with Crippen molar-refractivity contribution in [1.82, 2.24) is 4.98 Å². The third-order valence-electron chi connectivity index (χ3n) is 2.28. The van der Waals surface area contributed by atoms with Crippen molar-refractivity contribution in [3.8, 4) is 0 Å². The number of hydrogen-bond acceptors (Lipinski definition) is 3. The van der Waals surface area contributed by atoms with E-state index in [1.54, 1.807) is 6.20 Å². The van der Waals surface area contributed by atoms with Crippen molar-refractivity contribution in [3.05, 3.63) is 53.7 Å². The van der Waals surface area contributed by atoms with Crippen molar-refractivity contribution in [1.29, 1.82) is 5.41 Å². The first kappa shape index (κ1) is 11.7. The van der Waals surface area contributed by atoms with Crippen molar-refractivity contribution in [3.63, 3.8) is 0 Å². The van der Waals surface area contributed by atoms with Crippen LogP contribution >= 0.6 is 11.8 Å². The fourth-order valence-corrected chi connectivity index (χ4v) is 2.36. The van der Waals surface area contributed by atoms with Crippen LogP contribution in [0.15, 0.2) is 52.5 Å². The average Bonchev–Trinajstić information content (AvgIpc) is 2.32. The van der Waals surface area contributed by atoms with Crippen LogP contribution in [0, 0.1) is 12.3 Å². The Morgan fingerprint density at radius 2 is 2.12 bits per heavy atom. The maximum Gasteiger partial charge on any atom is 0.123 e. The van der Waals surface area contributed by atoms with E-state index in [0.717, 1.165) is 21.0 Å². The largest absolute Gasteiger partial charge is 0.384 e. The zero-order chi connectivity index (χ0) is 12.3. The highest BCUT2D eigenvalue weighted by Crippen LogP contribution is 2.29. The van der Waals surface area contributed by atoms with E-state index in [1.165, 1.54) is 11.8 Å². The topological polar surface area (TPSA) is 62.8 Å². The van der Waals surface area contributed by atoms with E-state index >= 15 is 0 Å². The Kier molecular flexibility index (Phi) is 3.44. The van der Waals surface area contributed by atoms with Gasteiger partial charge >= 0.3 is 0 Å². The van der Waals surface area contributed by atoms with Gasteiger partial charge in [-0.15, -0.1) is 0 Å². The highest BCUT2D eigenvalue weighted by Gasteiger charge is 2.07. The first-order valence-electron chi connectivity index (χ1n) is 5.21. The van der Waals surface area contributed by atoms with Gasteiger partial charge in [0.1, 0.15) is 10.9 Å². The molecule has 0 saturated heterocycles. The number of aromatic nitrogens is 1. The molecule has 17 heavy (non-hydrogen) atoms. The zero-order valence-corrected chi connectivity index (χ0v) is 10.3. The molecule has 0 aliphatic heterocycles. The van der Waals surface area contributed by atoms with Gasteiger partial charge in [0.15, 0.2) is 0 Å². The molecule has 0 aliphatic carbocycles. The van der Waals surface area contributed by atoms with Gasteiger partial charge in [-0.3, -0.25) is 5.41 Å². The lowest BCUT2D eigenvalue weighted by Crippen LogP contribution is -2.12. The number of nitrogens with one attached hydrogen (secondary N) is 1. The molecule has 86 valence electrons. The van der Waals surface area contributed by atoms with Gasteiger partial charge < -0.3 is 5.73 Å². The summed E-state index contributed by atoms with van der Waals surface area (Å²) in [5, 5.41) is 8.48. The summed E-state index contributed by atoms with van der Waals surface area (Å²) in [6.45, 7) is 1.99. The second kappa shape index (κ2) is 5.01. The standard InChI is InChI=1S/C13H13N3S/c1-9-5-6-11(10(8-9)13(14)15)17-12-4-2-3-7-16-12/h2-8H,1H3,(H3,14,15). The minimum atomic E-state index is 0.0899. The lowest BCUT2D eigenvalue weighted by molar-refractivity contribution is 1.13. The second-order valence-electron chi connectivity index (χ2n) is 3.68. The summed E-state index contributed by atoms with van der Waals surface area (Å²) in [6, 6.07) is 11.7. The van der Waals surface area contributed by atoms with Gasteiger partial charge in [0.05, 0.1) is 0 Å². The van der Waals surface area contributed by atoms with E-state index in [2.05, 4.69) is 4.98 Å². The van der Waals surface area contributed by atoms with Gasteiger partial charge in [-0.05, 0) is 31.2 Å². The fraction of sp³-hybridized carbons (Fsp3) is 0.0769. The molecule has 3 nitrogen and oxygen atoms in total. The van der Waals surface area contributed by atoms with Crippen molar-refractivity contribution in [2.75, 3.05) is 0 Å². The summed E-state index contributed by atoms with van der Waals surface area (Å²) in [7, 11) is 0.